The molecule has 0 rings (SSSR count). The number of aliphatic hydroxyl groups excluding tert-OH is 2. The van der Waals surface area contributed by atoms with Gasteiger partial charge in [-0.1, -0.05) is 45.4 Å². The number of esters is 1. The number of hydrogen-bond acceptors (Lipinski definition) is 5. The van der Waals surface area contributed by atoms with E-state index < -0.39 is 24.1 Å². The minimum absolute atomic E-state index is 0.0951. The molecule has 0 saturated heterocycles. The first-order valence-corrected chi connectivity index (χ1v) is 10.6. The van der Waals surface area contributed by atoms with E-state index in [4.69, 9.17) is 9.84 Å². The number of carbonyl (C=O) groups is 2. The number of unbranched alkanes of at least 4 members (excludes halogenated alkanes) is 5. The van der Waals surface area contributed by atoms with E-state index in [0.29, 0.717) is 17.4 Å². The Bertz CT molecular complexity index is 435. The third-order valence-corrected chi connectivity index (χ3v) is 4.65. The van der Waals surface area contributed by atoms with E-state index in [0.717, 1.165) is 51.4 Å². The summed E-state index contributed by atoms with van der Waals surface area (Å²) >= 11 is 0. The van der Waals surface area contributed by atoms with Gasteiger partial charge in [0.1, 0.15) is 6.54 Å². The molecule has 7 nitrogen and oxygen atoms in total. The number of ether oxygens (including phenoxy) is 1. The maximum atomic E-state index is 12.0. The number of aliphatic hydroxyl groups is 2. The van der Waals surface area contributed by atoms with Crippen molar-refractivity contribution in [1.29, 1.82) is 0 Å². The molecule has 0 aliphatic rings. The number of rotatable bonds is 17. The molecule has 0 spiro atoms. The number of carbonyl (C=O) groups excluding carboxylic acids is 1. The minimum atomic E-state index is -1.00. The van der Waals surface area contributed by atoms with Gasteiger partial charge in [-0.05, 0) is 19.3 Å². The summed E-state index contributed by atoms with van der Waals surface area (Å²) in [5.41, 5.74) is 0. The number of likely N-dealkylation sites (N-methyl/N-ethyl adjacent to an activating group) is 1. The Morgan fingerprint density at radius 3 is 1.82 bits per heavy atom. The van der Waals surface area contributed by atoms with Crippen molar-refractivity contribution in [2.75, 3.05) is 27.7 Å². The summed E-state index contributed by atoms with van der Waals surface area (Å²) in [7, 11) is 5.72. The summed E-state index contributed by atoms with van der Waals surface area (Å²) in [6, 6.07) is 0. The fraction of sp³-hybridized carbons (Fsp3) is 0.905. The smallest absolute Gasteiger partial charge is 0.308 e. The number of nitrogens with zero attached hydrogens (tertiary/aromatic N) is 1. The second-order valence-corrected chi connectivity index (χ2v) is 8.80. The van der Waals surface area contributed by atoms with Crippen molar-refractivity contribution >= 4 is 11.9 Å². The maximum absolute atomic E-state index is 12.0. The lowest BCUT2D eigenvalue weighted by atomic mass is 10.0. The molecule has 3 atom stereocenters. The molecule has 0 heterocycles. The Morgan fingerprint density at radius 1 is 0.857 bits per heavy atom. The molecule has 0 saturated carbocycles. The molecule has 28 heavy (non-hydrogen) atoms. The lowest BCUT2D eigenvalue weighted by Gasteiger charge is -2.28. The van der Waals surface area contributed by atoms with Gasteiger partial charge in [-0.3, -0.25) is 9.59 Å². The number of quaternary nitrogens is 1. The van der Waals surface area contributed by atoms with E-state index in [1.807, 2.05) is 28.1 Å². The van der Waals surface area contributed by atoms with Crippen LogP contribution in [0.4, 0.5) is 0 Å². The Kier molecular flexibility index (Phi) is 14.1. The van der Waals surface area contributed by atoms with Crippen molar-refractivity contribution in [1.82, 2.24) is 0 Å². The second-order valence-electron chi connectivity index (χ2n) is 8.80. The van der Waals surface area contributed by atoms with Gasteiger partial charge >= 0.3 is 11.9 Å². The van der Waals surface area contributed by atoms with Gasteiger partial charge in [0.2, 0.25) is 0 Å². The summed E-state index contributed by atoms with van der Waals surface area (Å²) < 4.78 is 5.78. The van der Waals surface area contributed by atoms with Crippen LogP contribution in [0.3, 0.4) is 0 Å². The number of carboxylic acids is 1. The molecule has 0 amide bonds. The Labute approximate surface area is 170 Å². The van der Waals surface area contributed by atoms with E-state index in [1.54, 1.807) is 0 Å². The zero-order valence-electron chi connectivity index (χ0n) is 18.2. The topological polar surface area (TPSA) is 104 Å². The van der Waals surface area contributed by atoms with Crippen molar-refractivity contribution in [2.45, 2.75) is 95.9 Å². The highest BCUT2D eigenvalue weighted by molar-refractivity contribution is 5.71. The van der Waals surface area contributed by atoms with Crippen molar-refractivity contribution in [3.63, 3.8) is 0 Å². The van der Waals surface area contributed by atoms with Gasteiger partial charge in [0.25, 0.3) is 0 Å². The van der Waals surface area contributed by atoms with Crippen LogP contribution in [0.15, 0.2) is 0 Å². The highest BCUT2D eigenvalue weighted by atomic mass is 16.5. The molecule has 0 aromatic rings. The first kappa shape index (κ1) is 26.8. The largest absolute Gasteiger partial charge is 0.481 e. The molecule has 0 fully saturated rings. The van der Waals surface area contributed by atoms with Crippen LogP contribution in [0.2, 0.25) is 0 Å². The molecule has 0 aliphatic heterocycles. The van der Waals surface area contributed by atoms with Crippen molar-refractivity contribution in [3.05, 3.63) is 0 Å². The highest BCUT2D eigenvalue weighted by Gasteiger charge is 2.25. The molecular weight excluding hydrogens is 362 g/mol. The van der Waals surface area contributed by atoms with E-state index in [1.165, 1.54) is 0 Å². The van der Waals surface area contributed by atoms with Crippen LogP contribution in [0.1, 0.15) is 77.6 Å². The number of carboxylic acid groups (broad SMARTS) is 1. The summed E-state index contributed by atoms with van der Waals surface area (Å²) in [6.45, 7) is 2.39. The predicted molar refractivity (Wildman–Crippen MR) is 109 cm³/mol. The first-order chi connectivity index (χ1) is 13.0. The molecule has 0 bridgehead atoms. The van der Waals surface area contributed by atoms with Gasteiger partial charge < -0.3 is 24.5 Å². The quantitative estimate of drug-likeness (QED) is 0.196. The van der Waals surface area contributed by atoms with Crippen LogP contribution in [0, 0.1) is 0 Å². The maximum Gasteiger partial charge on any atom is 0.308 e. The molecule has 0 radical (unpaired) electrons. The zero-order chi connectivity index (χ0) is 21.6. The highest BCUT2D eigenvalue weighted by Crippen LogP contribution is 2.14. The average Bonchev–Trinajstić information content (AvgIpc) is 2.54. The SMILES string of the molecule is CCC(O)CCCCCCCCC(O)CC(=O)OC(CC(=O)O)C[N+](C)(C)C. The zero-order valence-corrected chi connectivity index (χ0v) is 18.2. The van der Waals surface area contributed by atoms with Gasteiger partial charge in [0.05, 0.1) is 46.2 Å². The normalized spacial score (nSPS) is 15.1. The number of hydrogen-bond donors (Lipinski definition) is 3. The molecule has 0 aromatic carbocycles. The predicted octanol–water partition coefficient (Wildman–Crippen LogP) is 2.72. The number of aliphatic carboxylic acids is 1. The summed E-state index contributed by atoms with van der Waals surface area (Å²) in [5, 5.41) is 28.5. The average molecular weight is 405 g/mol. The fourth-order valence-corrected chi connectivity index (χ4v) is 3.15. The Balaban J connectivity index is 3.93. The van der Waals surface area contributed by atoms with E-state index in [2.05, 4.69) is 0 Å². The third-order valence-electron chi connectivity index (χ3n) is 4.65. The Morgan fingerprint density at radius 2 is 1.36 bits per heavy atom. The van der Waals surface area contributed by atoms with Gasteiger partial charge in [-0.2, -0.15) is 0 Å². The van der Waals surface area contributed by atoms with Gasteiger partial charge in [0.15, 0.2) is 6.10 Å². The molecule has 166 valence electrons. The summed E-state index contributed by atoms with van der Waals surface area (Å²) in [5.74, 6) is -1.54. The minimum Gasteiger partial charge on any atom is -0.481 e. The summed E-state index contributed by atoms with van der Waals surface area (Å²) in [6.07, 6.45) is 6.52. The summed E-state index contributed by atoms with van der Waals surface area (Å²) in [4.78, 5) is 23.0. The molecular formula is C21H42NO6+. The molecule has 3 unspecified atom stereocenters. The monoisotopic (exact) mass is 404 g/mol. The fourth-order valence-electron chi connectivity index (χ4n) is 3.15. The van der Waals surface area contributed by atoms with Gasteiger partial charge in [0, 0.05) is 0 Å². The third kappa shape index (κ3) is 17.0. The van der Waals surface area contributed by atoms with Crippen LogP contribution in [-0.4, -0.2) is 77.7 Å². The van der Waals surface area contributed by atoms with E-state index >= 15 is 0 Å². The van der Waals surface area contributed by atoms with Crippen LogP contribution >= 0.6 is 0 Å². The molecule has 0 aromatic heterocycles. The first-order valence-electron chi connectivity index (χ1n) is 10.6. The van der Waals surface area contributed by atoms with Crippen LogP contribution in [-0.2, 0) is 14.3 Å². The van der Waals surface area contributed by atoms with Gasteiger partial charge in [-0.15, -0.1) is 0 Å². The van der Waals surface area contributed by atoms with Crippen molar-refractivity contribution in [3.8, 4) is 0 Å². The lowest BCUT2D eigenvalue weighted by Crippen LogP contribution is -2.44. The van der Waals surface area contributed by atoms with E-state index in [9.17, 15) is 19.8 Å². The van der Waals surface area contributed by atoms with Crippen LogP contribution in [0.25, 0.3) is 0 Å². The van der Waals surface area contributed by atoms with Crippen molar-refractivity contribution in [2.24, 2.45) is 0 Å². The van der Waals surface area contributed by atoms with Gasteiger partial charge in [-0.25, -0.2) is 0 Å². The van der Waals surface area contributed by atoms with E-state index in [-0.39, 0.29) is 18.9 Å². The Hall–Kier alpha value is -1.18. The standard InChI is InChI=1S/C21H41NO6/c1-5-17(23)12-10-8-6-7-9-11-13-18(24)14-21(27)28-19(15-20(25)26)16-22(2,3)4/h17-19,23-24H,5-16H2,1-4H3/p+1. The van der Waals surface area contributed by atoms with Crippen molar-refractivity contribution < 1.29 is 34.1 Å². The molecule has 7 heteroatoms. The molecule has 3 N–H and O–H groups in total. The second kappa shape index (κ2) is 14.8. The van der Waals surface area contributed by atoms with Crippen LogP contribution in [0.5, 0.6) is 0 Å². The van der Waals surface area contributed by atoms with Crippen LogP contribution < -0.4 is 0 Å². The lowest BCUT2D eigenvalue weighted by molar-refractivity contribution is -0.873. The molecule has 0 aliphatic carbocycles.